The molecule has 1 nitrogen and oxygen atoms in total. The molecule has 0 bridgehead atoms. The maximum Gasteiger partial charge on any atom is 0.122 e. The van der Waals surface area contributed by atoms with Crippen LogP contribution in [0, 0.1) is 0 Å². The minimum absolute atomic E-state index is 0.408. The van der Waals surface area contributed by atoms with Crippen molar-refractivity contribution in [3.05, 3.63) is 27.7 Å². The van der Waals surface area contributed by atoms with Crippen LogP contribution in [0.5, 0.6) is 5.75 Å². The van der Waals surface area contributed by atoms with E-state index in [1.165, 1.54) is 19.3 Å². The Balaban J connectivity index is 2.10. The highest BCUT2D eigenvalue weighted by atomic mass is 79.9. The van der Waals surface area contributed by atoms with Crippen LogP contribution in [0.1, 0.15) is 19.3 Å². The number of rotatable bonds is 2. The average Bonchev–Trinajstić information content (AvgIpc) is 1.95. The van der Waals surface area contributed by atoms with E-state index in [0.717, 1.165) is 10.2 Å². The lowest BCUT2D eigenvalue weighted by atomic mass is 9.96. The number of halogens is 2. The SMILES string of the molecule is Clc1cc(Br)cc(OC2CCC2)c1. The van der Waals surface area contributed by atoms with Gasteiger partial charge in [-0.15, -0.1) is 0 Å². The van der Waals surface area contributed by atoms with Crippen LogP contribution < -0.4 is 4.74 Å². The number of hydrogen-bond acceptors (Lipinski definition) is 1. The normalized spacial score (nSPS) is 16.8. The summed E-state index contributed by atoms with van der Waals surface area (Å²) in [7, 11) is 0. The van der Waals surface area contributed by atoms with E-state index in [4.69, 9.17) is 16.3 Å². The summed E-state index contributed by atoms with van der Waals surface area (Å²) < 4.78 is 6.66. The molecule has 0 saturated heterocycles. The van der Waals surface area contributed by atoms with Gasteiger partial charge in [-0.1, -0.05) is 27.5 Å². The van der Waals surface area contributed by atoms with Gasteiger partial charge in [-0.05, 0) is 37.5 Å². The Morgan fingerprint density at radius 3 is 2.62 bits per heavy atom. The van der Waals surface area contributed by atoms with Gasteiger partial charge in [-0.2, -0.15) is 0 Å². The molecule has 1 fully saturated rings. The lowest BCUT2D eigenvalue weighted by Crippen LogP contribution is -2.24. The van der Waals surface area contributed by atoms with Gasteiger partial charge in [0.15, 0.2) is 0 Å². The first kappa shape index (κ1) is 9.35. The number of hydrogen-bond donors (Lipinski definition) is 0. The predicted octanol–water partition coefficient (Wildman–Crippen LogP) is 4.03. The maximum absolute atomic E-state index is 5.88. The zero-order valence-electron chi connectivity index (χ0n) is 7.09. The Labute approximate surface area is 91.2 Å². The molecule has 1 aliphatic rings. The molecule has 1 aliphatic carbocycles. The second-order valence-corrected chi connectivity index (χ2v) is 4.63. The van der Waals surface area contributed by atoms with Crippen LogP contribution in [0.15, 0.2) is 22.7 Å². The highest BCUT2D eigenvalue weighted by molar-refractivity contribution is 9.10. The summed E-state index contributed by atoms with van der Waals surface area (Å²) in [4.78, 5) is 0. The van der Waals surface area contributed by atoms with Gasteiger partial charge in [0, 0.05) is 9.50 Å². The van der Waals surface area contributed by atoms with Gasteiger partial charge in [-0.25, -0.2) is 0 Å². The summed E-state index contributed by atoms with van der Waals surface area (Å²) in [5, 5.41) is 0.712. The van der Waals surface area contributed by atoms with Crippen molar-refractivity contribution in [1.29, 1.82) is 0 Å². The van der Waals surface area contributed by atoms with Crippen molar-refractivity contribution in [2.75, 3.05) is 0 Å². The van der Waals surface area contributed by atoms with Crippen LogP contribution in [-0.2, 0) is 0 Å². The molecule has 0 unspecified atom stereocenters. The first-order chi connectivity index (χ1) is 6.24. The third-order valence-corrected chi connectivity index (χ3v) is 2.87. The molecular weight excluding hydrogens is 251 g/mol. The fourth-order valence-corrected chi connectivity index (χ4v) is 2.11. The summed E-state index contributed by atoms with van der Waals surface area (Å²) >= 11 is 9.26. The molecule has 0 aliphatic heterocycles. The molecule has 1 aromatic carbocycles. The van der Waals surface area contributed by atoms with Crippen molar-refractivity contribution in [2.24, 2.45) is 0 Å². The van der Waals surface area contributed by atoms with E-state index in [2.05, 4.69) is 15.9 Å². The minimum Gasteiger partial charge on any atom is -0.490 e. The smallest absolute Gasteiger partial charge is 0.122 e. The van der Waals surface area contributed by atoms with Gasteiger partial charge < -0.3 is 4.74 Å². The second-order valence-electron chi connectivity index (χ2n) is 3.28. The Morgan fingerprint density at radius 2 is 2.08 bits per heavy atom. The van der Waals surface area contributed by atoms with E-state index in [1.807, 2.05) is 18.2 Å². The van der Waals surface area contributed by atoms with E-state index < -0.39 is 0 Å². The third-order valence-electron chi connectivity index (χ3n) is 2.19. The zero-order valence-corrected chi connectivity index (χ0v) is 9.44. The van der Waals surface area contributed by atoms with Crippen molar-refractivity contribution in [1.82, 2.24) is 0 Å². The van der Waals surface area contributed by atoms with Crippen LogP contribution >= 0.6 is 27.5 Å². The van der Waals surface area contributed by atoms with Gasteiger partial charge in [-0.3, -0.25) is 0 Å². The molecule has 0 heterocycles. The van der Waals surface area contributed by atoms with Gasteiger partial charge >= 0.3 is 0 Å². The van der Waals surface area contributed by atoms with Crippen LogP contribution in [0.25, 0.3) is 0 Å². The molecule has 70 valence electrons. The Bertz CT molecular complexity index is 290. The molecule has 0 amide bonds. The number of ether oxygens (including phenoxy) is 1. The van der Waals surface area contributed by atoms with E-state index >= 15 is 0 Å². The van der Waals surface area contributed by atoms with Crippen molar-refractivity contribution in [3.63, 3.8) is 0 Å². The van der Waals surface area contributed by atoms with Crippen LogP contribution in [-0.4, -0.2) is 6.10 Å². The molecule has 0 N–H and O–H groups in total. The van der Waals surface area contributed by atoms with Gasteiger partial charge in [0.1, 0.15) is 5.75 Å². The average molecular weight is 262 g/mol. The molecule has 13 heavy (non-hydrogen) atoms. The topological polar surface area (TPSA) is 9.23 Å². The van der Waals surface area contributed by atoms with Gasteiger partial charge in [0.25, 0.3) is 0 Å². The lowest BCUT2D eigenvalue weighted by molar-refractivity contribution is 0.120. The van der Waals surface area contributed by atoms with E-state index in [1.54, 1.807) is 0 Å². The molecule has 0 aromatic heterocycles. The van der Waals surface area contributed by atoms with Crippen molar-refractivity contribution in [2.45, 2.75) is 25.4 Å². The molecule has 2 rings (SSSR count). The van der Waals surface area contributed by atoms with Crippen molar-refractivity contribution >= 4 is 27.5 Å². The number of benzene rings is 1. The quantitative estimate of drug-likeness (QED) is 0.781. The summed E-state index contributed by atoms with van der Waals surface area (Å²) in [5.41, 5.74) is 0. The van der Waals surface area contributed by atoms with Crippen molar-refractivity contribution < 1.29 is 4.74 Å². The molecule has 0 atom stereocenters. The van der Waals surface area contributed by atoms with E-state index in [-0.39, 0.29) is 0 Å². The summed E-state index contributed by atoms with van der Waals surface area (Å²) in [5.74, 6) is 0.865. The van der Waals surface area contributed by atoms with Crippen LogP contribution in [0.4, 0.5) is 0 Å². The Kier molecular flexibility index (Phi) is 2.80. The van der Waals surface area contributed by atoms with Crippen LogP contribution in [0.3, 0.4) is 0 Å². The predicted molar refractivity (Wildman–Crippen MR) is 57.4 cm³/mol. The third kappa shape index (κ3) is 2.38. The Morgan fingerprint density at radius 1 is 1.31 bits per heavy atom. The zero-order chi connectivity index (χ0) is 9.26. The van der Waals surface area contributed by atoms with E-state index in [0.29, 0.717) is 11.1 Å². The van der Waals surface area contributed by atoms with E-state index in [9.17, 15) is 0 Å². The fourth-order valence-electron chi connectivity index (χ4n) is 1.28. The molecular formula is C10H10BrClO. The lowest BCUT2D eigenvalue weighted by Gasteiger charge is -2.26. The monoisotopic (exact) mass is 260 g/mol. The summed E-state index contributed by atoms with van der Waals surface area (Å²) in [6.45, 7) is 0. The highest BCUT2D eigenvalue weighted by Crippen LogP contribution is 2.29. The molecule has 1 saturated carbocycles. The first-order valence-electron chi connectivity index (χ1n) is 4.37. The first-order valence-corrected chi connectivity index (χ1v) is 5.54. The molecule has 3 heteroatoms. The molecule has 1 aromatic rings. The van der Waals surface area contributed by atoms with Gasteiger partial charge in [0.05, 0.1) is 6.10 Å². The minimum atomic E-state index is 0.408. The van der Waals surface area contributed by atoms with Gasteiger partial charge in [0.2, 0.25) is 0 Å². The fraction of sp³-hybridized carbons (Fsp3) is 0.400. The van der Waals surface area contributed by atoms with Crippen LogP contribution in [0.2, 0.25) is 5.02 Å². The molecule has 0 spiro atoms. The highest BCUT2D eigenvalue weighted by Gasteiger charge is 2.19. The largest absolute Gasteiger partial charge is 0.490 e. The summed E-state index contributed by atoms with van der Waals surface area (Å²) in [6, 6.07) is 5.66. The second kappa shape index (κ2) is 3.89. The van der Waals surface area contributed by atoms with Crippen molar-refractivity contribution in [3.8, 4) is 5.75 Å². The Hall–Kier alpha value is -0.210. The molecule has 0 radical (unpaired) electrons. The standard InChI is InChI=1S/C10H10BrClO/c11-7-4-8(12)6-10(5-7)13-9-2-1-3-9/h4-6,9H,1-3H2. The summed E-state index contributed by atoms with van der Waals surface area (Å²) in [6.07, 6.45) is 4.03. The maximum atomic E-state index is 5.88.